The molecule has 0 N–H and O–H groups in total. The second-order valence-electron chi connectivity index (χ2n) is 4.30. The third-order valence-electron chi connectivity index (χ3n) is 3.12. The lowest BCUT2D eigenvalue weighted by Crippen LogP contribution is -2.27. The van der Waals surface area contributed by atoms with Crippen molar-refractivity contribution in [2.24, 2.45) is 0 Å². The van der Waals surface area contributed by atoms with Gasteiger partial charge in [-0.25, -0.2) is 0 Å². The molecule has 0 aliphatic carbocycles. The van der Waals surface area contributed by atoms with E-state index in [-0.39, 0.29) is 32.8 Å². The molecule has 0 atom stereocenters. The Morgan fingerprint density at radius 3 is 2.11 bits per heavy atom. The molecule has 0 saturated heterocycles. The van der Waals surface area contributed by atoms with Crippen LogP contribution < -0.4 is 7.39 Å². The van der Waals surface area contributed by atoms with E-state index in [0.717, 1.165) is 0 Å². The third kappa shape index (κ3) is 2.86. The van der Waals surface area contributed by atoms with Crippen molar-refractivity contribution in [1.82, 2.24) is 0 Å². The molecule has 0 aliphatic heterocycles. The van der Waals surface area contributed by atoms with Crippen LogP contribution in [-0.2, 0) is 0 Å². The monoisotopic (exact) mass is 264 g/mol. The fourth-order valence-electron chi connectivity index (χ4n) is 2.26. The summed E-state index contributed by atoms with van der Waals surface area (Å²) in [4.78, 5) is 0. The molecule has 0 nitrogen and oxygen atoms in total. The van der Waals surface area contributed by atoms with Crippen LogP contribution in [0, 0.1) is 0 Å². The quantitative estimate of drug-likeness (QED) is 0.625. The zero-order chi connectivity index (χ0) is 11.5. The Balaban J connectivity index is 0.00000120. The first-order valence-electron chi connectivity index (χ1n) is 5.94. The lowest BCUT2D eigenvalue weighted by Gasteiger charge is -2.05. The molecule has 0 fully saturated rings. The first kappa shape index (κ1) is 13.4. The van der Waals surface area contributed by atoms with Gasteiger partial charge in [-0.05, 0) is 10.8 Å². The van der Waals surface area contributed by atoms with Crippen molar-refractivity contribution < 1.29 is 0 Å². The zero-order valence-corrected chi connectivity index (χ0v) is 12.3. The Labute approximate surface area is 123 Å². The van der Waals surface area contributed by atoms with Gasteiger partial charge in [0.05, 0.1) is 0 Å². The van der Waals surface area contributed by atoms with Crippen LogP contribution in [0.25, 0.3) is 10.8 Å². The first-order valence-corrected chi connectivity index (χ1v) is 7.35. The molecule has 0 aromatic heterocycles. The lowest BCUT2D eigenvalue weighted by molar-refractivity contribution is 1.76. The maximum atomic E-state index is 2.28. The molecule has 0 heterocycles. The second-order valence-corrected chi connectivity index (χ2v) is 6.23. The van der Waals surface area contributed by atoms with E-state index >= 15 is 0 Å². The van der Waals surface area contributed by atoms with Gasteiger partial charge in [0.15, 0.2) is 0 Å². The summed E-state index contributed by atoms with van der Waals surface area (Å²) >= 11 is -0.356. The van der Waals surface area contributed by atoms with Gasteiger partial charge in [0.25, 0.3) is 0 Å². The topological polar surface area (TPSA) is 0 Å². The van der Waals surface area contributed by atoms with Gasteiger partial charge in [-0.3, -0.25) is 0 Å². The molecule has 86 valence electrons. The molecule has 3 aromatic rings. The van der Waals surface area contributed by atoms with E-state index in [4.69, 9.17) is 0 Å². The molecule has 0 saturated carbocycles. The van der Waals surface area contributed by atoms with Crippen molar-refractivity contribution in [2.75, 3.05) is 0 Å². The van der Waals surface area contributed by atoms with Crippen molar-refractivity contribution in [1.29, 1.82) is 0 Å². The maximum absolute atomic E-state index is 2.28. The van der Waals surface area contributed by atoms with Crippen LogP contribution in [0.1, 0.15) is 0 Å². The highest BCUT2D eigenvalue weighted by molar-refractivity contribution is 6.69. The van der Waals surface area contributed by atoms with Gasteiger partial charge >= 0.3 is 20.4 Å². The van der Waals surface area contributed by atoms with Gasteiger partial charge in [0.2, 0.25) is 0 Å². The van der Waals surface area contributed by atoms with E-state index in [9.17, 15) is 0 Å². The molecule has 0 unspecified atom stereocenters. The van der Waals surface area contributed by atoms with E-state index < -0.39 is 0 Å². The van der Waals surface area contributed by atoms with Crippen LogP contribution in [0.5, 0.6) is 0 Å². The van der Waals surface area contributed by atoms with Gasteiger partial charge < -0.3 is 0 Å². The van der Waals surface area contributed by atoms with Crippen molar-refractivity contribution in [3.63, 3.8) is 0 Å². The number of rotatable bonds is 2. The van der Waals surface area contributed by atoms with Crippen molar-refractivity contribution >= 4 is 50.9 Å². The number of halogens is 1. The van der Waals surface area contributed by atoms with E-state index in [1.807, 2.05) is 0 Å². The van der Waals surface area contributed by atoms with Crippen LogP contribution in [0.2, 0.25) is 0 Å². The first-order chi connectivity index (χ1) is 8.43. The summed E-state index contributed by atoms with van der Waals surface area (Å²) in [5.41, 5.74) is 0. The maximum Gasteiger partial charge on any atom is 0.451 e. The molecule has 2 heteroatoms. The average molecular weight is 265 g/mol. The highest BCUT2D eigenvalue weighted by Crippen LogP contribution is 2.09. The predicted molar refractivity (Wildman–Crippen MR) is 82.7 cm³/mol. The zero-order valence-electron chi connectivity index (χ0n) is 10.0. The van der Waals surface area contributed by atoms with E-state index in [1.54, 1.807) is 0 Å². The van der Waals surface area contributed by atoms with Crippen LogP contribution in [-0.4, -0.2) is 20.4 Å². The van der Waals surface area contributed by atoms with Crippen molar-refractivity contribution in [3.05, 3.63) is 72.8 Å². The highest BCUT2D eigenvalue weighted by Gasteiger charge is 2.05. The van der Waals surface area contributed by atoms with Gasteiger partial charge in [0.1, 0.15) is 0 Å². The summed E-state index contributed by atoms with van der Waals surface area (Å²) in [6.07, 6.45) is 0. The molecule has 3 rings (SSSR count). The molecule has 0 aliphatic rings. The van der Waals surface area contributed by atoms with Gasteiger partial charge in [-0.1, -0.05) is 72.8 Å². The van der Waals surface area contributed by atoms with Gasteiger partial charge in [0, 0.05) is 0 Å². The summed E-state index contributed by atoms with van der Waals surface area (Å²) in [6.45, 7) is 0. The van der Waals surface area contributed by atoms with Crippen LogP contribution in [0.15, 0.2) is 72.8 Å². The number of hydrogen-bond acceptors (Lipinski definition) is 0. The fourth-order valence-corrected chi connectivity index (χ4v) is 3.98. The minimum atomic E-state index is -0.356. The molecule has 0 spiro atoms. The Bertz CT molecular complexity index is 629. The van der Waals surface area contributed by atoms with Crippen LogP contribution in [0.3, 0.4) is 0 Å². The summed E-state index contributed by atoms with van der Waals surface area (Å²) in [5, 5.41) is 2.78. The predicted octanol–water partition coefficient (Wildman–Crippen LogP) is 2.92. The summed E-state index contributed by atoms with van der Waals surface area (Å²) < 4.78 is 3.04. The van der Waals surface area contributed by atoms with Gasteiger partial charge in [-0.15, -0.1) is 12.4 Å². The number of benzene rings is 3. The largest absolute Gasteiger partial charge is 0.451 e. The number of hydrogen-bond donors (Lipinski definition) is 0. The molecule has 0 amide bonds. The lowest BCUT2D eigenvalue weighted by atomic mass is 10.1. The Hall–Kier alpha value is -1.02. The van der Waals surface area contributed by atoms with E-state index in [0.29, 0.717) is 0 Å². The molecule has 0 radical (unpaired) electrons. The molecule has 0 bridgehead atoms. The Kier molecular flexibility index (Phi) is 4.64. The SMILES string of the molecule is Cl.c1cc[c]([Mg][c]2cccc3ccccc23)cc1. The standard InChI is InChI=1S/C10H7.C6H5.ClH.Mg/c1-2-6-10-8-4-3-7-9(10)5-1;1-2-4-6-5-3-1;;/h1-7H;1-5H;1H;. The minimum Gasteiger partial charge on any atom is -0.165 e. The average Bonchev–Trinajstić information content (AvgIpc) is 2.40. The van der Waals surface area contributed by atoms with Crippen LogP contribution >= 0.6 is 12.4 Å². The van der Waals surface area contributed by atoms with E-state index in [2.05, 4.69) is 72.8 Å². The number of fused-ring (bicyclic) bond motifs is 1. The second kappa shape index (κ2) is 6.23. The normalized spacial score (nSPS) is 9.56. The summed E-state index contributed by atoms with van der Waals surface area (Å²) in [5.74, 6) is 0. The molecule has 3 aromatic carbocycles. The third-order valence-corrected chi connectivity index (χ3v) is 4.99. The Morgan fingerprint density at radius 1 is 0.611 bits per heavy atom. The van der Waals surface area contributed by atoms with E-state index in [1.165, 1.54) is 18.2 Å². The molecular formula is C16H13ClMg. The van der Waals surface area contributed by atoms with Gasteiger partial charge in [-0.2, -0.15) is 7.39 Å². The molecular weight excluding hydrogens is 252 g/mol. The van der Waals surface area contributed by atoms with Crippen molar-refractivity contribution in [2.45, 2.75) is 0 Å². The molecule has 18 heavy (non-hydrogen) atoms. The smallest absolute Gasteiger partial charge is 0.165 e. The van der Waals surface area contributed by atoms with Crippen LogP contribution in [0.4, 0.5) is 0 Å². The summed E-state index contributed by atoms with van der Waals surface area (Å²) in [6, 6.07) is 26.2. The Morgan fingerprint density at radius 2 is 1.28 bits per heavy atom. The van der Waals surface area contributed by atoms with Crippen molar-refractivity contribution in [3.8, 4) is 0 Å². The highest BCUT2D eigenvalue weighted by atomic mass is 35.5. The summed E-state index contributed by atoms with van der Waals surface area (Å²) in [7, 11) is 0. The minimum absolute atomic E-state index is 0. The fraction of sp³-hybridized carbons (Fsp3) is 0.